The Morgan fingerprint density at radius 1 is 1.50 bits per heavy atom. The molecule has 0 atom stereocenters. The zero-order valence-corrected chi connectivity index (χ0v) is 7.36. The van der Waals surface area contributed by atoms with Crippen LogP contribution >= 0.6 is 0 Å². The summed E-state index contributed by atoms with van der Waals surface area (Å²) in [7, 11) is 0. The lowest BCUT2D eigenvalue weighted by Crippen LogP contribution is -2.10. The second-order valence-electron chi connectivity index (χ2n) is 2.86. The van der Waals surface area contributed by atoms with E-state index in [1.807, 2.05) is 0 Å². The summed E-state index contributed by atoms with van der Waals surface area (Å²) in [5.74, 6) is -0.0424. The summed E-state index contributed by atoms with van der Waals surface area (Å²) in [6.45, 7) is 0.237. The van der Waals surface area contributed by atoms with E-state index in [0.29, 0.717) is 22.6 Å². The zero-order chi connectivity index (χ0) is 10.1. The number of oxazole rings is 1. The van der Waals surface area contributed by atoms with E-state index in [4.69, 9.17) is 15.9 Å². The number of nitrogens with two attached hydrogens (primary N) is 2. The van der Waals surface area contributed by atoms with Crippen molar-refractivity contribution >= 4 is 17.0 Å². The maximum atomic E-state index is 10.9. The smallest absolute Gasteiger partial charge is 0.248 e. The molecule has 1 aromatic carbocycles. The minimum absolute atomic E-state index is 0.237. The number of carbonyl (C=O) groups is 1. The molecule has 4 N–H and O–H groups in total. The fraction of sp³-hybridized carbons (Fsp3) is 0.111. The fourth-order valence-electron chi connectivity index (χ4n) is 1.21. The second kappa shape index (κ2) is 3.12. The van der Waals surface area contributed by atoms with Gasteiger partial charge in [-0.3, -0.25) is 4.79 Å². The van der Waals surface area contributed by atoms with E-state index in [-0.39, 0.29) is 6.54 Å². The average Bonchev–Trinajstić information content (AvgIpc) is 2.58. The van der Waals surface area contributed by atoms with Crippen molar-refractivity contribution in [3.8, 4) is 0 Å². The van der Waals surface area contributed by atoms with E-state index in [1.165, 1.54) is 0 Å². The first-order valence-corrected chi connectivity index (χ1v) is 4.10. The molecule has 2 rings (SSSR count). The third-order valence-corrected chi connectivity index (χ3v) is 1.89. The number of hydrogen-bond donors (Lipinski definition) is 2. The van der Waals surface area contributed by atoms with Crippen LogP contribution in [0.15, 0.2) is 22.6 Å². The van der Waals surface area contributed by atoms with Crippen molar-refractivity contribution in [1.82, 2.24) is 4.98 Å². The Labute approximate surface area is 79.7 Å². The highest BCUT2D eigenvalue weighted by Gasteiger charge is 2.07. The van der Waals surface area contributed by atoms with Crippen molar-refractivity contribution in [2.45, 2.75) is 6.54 Å². The fourth-order valence-corrected chi connectivity index (χ4v) is 1.21. The number of carbonyl (C=O) groups excluding carboxylic acids is 1. The van der Waals surface area contributed by atoms with Gasteiger partial charge in [-0.1, -0.05) is 0 Å². The van der Waals surface area contributed by atoms with Gasteiger partial charge in [0, 0.05) is 5.56 Å². The first-order valence-electron chi connectivity index (χ1n) is 4.10. The zero-order valence-electron chi connectivity index (χ0n) is 7.36. The summed E-state index contributed by atoms with van der Waals surface area (Å²) < 4.78 is 5.26. The number of rotatable bonds is 2. The number of amides is 1. The van der Waals surface area contributed by atoms with Crippen LogP contribution in [0.5, 0.6) is 0 Å². The third kappa shape index (κ3) is 1.33. The van der Waals surface area contributed by atoms with Crippen LogP contribution in [0.25, 0.3) is 11.1 Å². The molecule has 0 unspecified atom stereocenters. The van der Waals surface area contributed by atoms with Gasteiger partial charge in [0.2, 0.25) is 11.8 Å². The van der Waals surface area contributed by atoms with Gasteiger partial charge in [-0.05, 0) is 18.2 Å². The highest BCUT2D eigenvalue weighted by Crippen LogP contribution is 2.16. The topological polar surface area (TPSA) is 95.1 Å². The Morgan fingerprint density at radius 3 is 2.93 bits per heavy atom. The minimum Gasteiger partial charge on any atom is -0.439 e. The highest BCUT2D eigenvalue weighted by molar-refractivity contribution is 5.95. The Hall–Kier alpha value is -1.88. The van der Waals surface area contributed by atoms with Crippen LogP contribution in [0.2, 0.25) is 0 Å². The molecule has 0 aliphatic heterocycles. The van der Waals surface area contributed by atoms with E-state index in [1.54, 1.807) is 18.2 Å². The third-order valence-electron chi connectivity index (χ3n) is 1.89. The summed E-state index contributed by atoms with van der Waals surface area (Å²) in [4.78, 5) is 14.9. The molecule has 0 spiro atoms. The lowest BCUT2D eigenvalue weighted by Gasteiger charge is -1.92. The number of nitrogens with zero attached hydrogens (tertiary/aromatic N) is 1. The number of hydrogen-bond acceptors (Lipinski definition) is 4. The van der Waals surface area contributed by atoms with E-state index in [2.05, 4.69) is 4.98 Å². The molecule has 0 fully saturated rings. The van der Waals surface area contributed by atoms with Gasteiger partial charge in [-0.25, -0.2) is 4.98 Å². The number of primary amides is 1. The van der Waals surface area contributed by atoms with Crippen LogP contribution < -0.4 is 11.5 Å². The Bertz CT molecular complexity index is 490. The van der Waals surface area contributed by atoms with Crippen molar-refractivity contribution in [2.24, 2.45) is 11.5 Å². The van der Waals surface area contributed by atoms with Gasteiger partial charge in [-0.2, -0.15) is 0 Å². The van der Waals surface area contributed by atoms with Gasteiger partial charge in [0.05, 0.1) is 6.54 Å². The normalized spacial score (nSPS) is 10.6. The summed E-state index contributed by atoms with van der Waals surface area (Å²) in [6, 6.07) is 4.84. The molecule has 0 saturated heterocycles. The number of fused-ring (bicyclic) bond motifs is 1. The summed E-state index contributed by atoms with van der Waals surface area (Å²) in [6.07, 6.45) is 0. The van der Waals surface area contributed by atoms with Gasteiger partial charge in [0.1, 0.15) is 5.52 Å². The minimum atomic E-state index is -0.488. The molecule has 2 aromatic rings. The molecular formula is C9H9N3O2. The molecule has 0 aliphatic rings. The summed E-state index contributed by atoms with van der Waals surface area (Å²) in [5, 5.41) is 0. The molecule has 5 nitrogen and oxygen atoms in total. The molecule has 0 saturated carbocycles. The van der Waals surface area contributed by atoms with Gasteiger partial charge in [0.15, 0.2) is 5.58 Å². The lowest BCUT2D eigenvalue weighted by molar-refractivity contribution is 0.100. The maximum absolute atomic E-state index is 10.9. The number of benzene rings is 1. The Morgan fingerprint density at radius 2 is 2.29 bits per heavy atom. The lowest BCUT2D eigenvalue weighted by atomic mass is 10.2. The van der Waals surface area contributed by atoms with Crippen LogP contribution in [0, 0.1) is 0 Å². The average molecular weight is 191 g/mol. The van der Waals surface area contributed by atoms with Crippen LogP contribution in [-0.2, 0) is 6.54 Å². The van der Waals surface area contributed by atoms with Gasteiger partial charge in [0.25, 0.3) is 0 Å². The van der Waals surface area contributed by atoms with Crippen LogP contribution in [0.3, 0.4) is 0 Å². The predicted octanol–water partition coefficient (Wildman–Crippen LogP) is 0.385. The van der Waals surface area contributed by atoms with E-state index in [9.17, 15) is 4.79 Å². The van der Waals surface area contributed by atoms with Crippen molar-refractivity contribution in [1.29, 1.82) is 0 Å². The molecule has 0 radical (unpaired) electrons. The summed E-state index contributed by atoms with van der Waals surface area (Å²) >= 11 is 0. The predicted molar refractivity (Wildman–Crippen MR) is 50.4 cm³/mol. The van der Waals surface area contributed by atoms with E-state index in [0.717, 1.165) is 0 Å². The van der Waals surface area contributed by atoms with Gasteiger partial charge in [-0.15, -0.1) is 0 Å². The monoisotopic (exact) mass is 191 g/mol. The molecule has 72 valence electrons. The quantitative estimate of drug-likeness (QED) is 0.717. The van der Waals surface area contributed by atoms with E-state index >= 15 is 0 Å². The molecule has 0 aliphatic carbocycles. The van der Waals surface area contributed by atoms with Crippen molar-refractivity contribution < 1.29 is 9.21 Å². The van der Waals surface area contributed by atoms with Crippen molar-refractivity contribution in [2.75, 3.05) is 0 Å². The van der Waals surface area contributed by atoms with Crippen LogP contribution in [0.4, 0.5) is 0 Å². The molecule has 1 aromatic heterocycles. The van der Waals surface area contributed by atoms with Gasteiger partial charge >= 0.3 is 0 Å². The first kappa shape index (κ1) is 8.71. The highest BCUT2D eigenvalue weighted by atomic mass is 16.3. The molecule has 1 amide bonds. The van der Waals surface area contributed by atoms with E-state index < -0.39 is 5.91 Å². The standard InChI is InChI=1S/C9H9N3O2/c10-4-8-12-6-2-1-5(9(11)13)3-7(6)14-8/h1-3H,4,10H2,(H2,11,13). The van der Waals surface area contributed by atoms with Crippen molar-refractivity contribution in [3.63, 3.8) is 0 Å². The molecular weight excluding hydrogens is 182 g/mol. The van der Waals surface area contributed by atoms with Crippen LogP contribution in [0.1, 0.15) is 16.2 Å². The van der Waals surface area contributed by atoms with Gasteiger partial charge < -0.3 is 15.9 Å². The number of aromatic nitrogens is 1. The maximum Gasteiger partial charge on any atom is 0.248 e. The summed E-state index contributed by atoms with van der Waals surface area (Å²) in [5.41, 5.74) is 12.1. The SMILES string of the molecule is NCc1nc2ccc(C(N)=O)cc2o1. The molecule has 14 heavy (non-hydrogen) atoms. The largest absolute Gasteiger partial charge is 0.439 e. The van der Waals surface area contributed by atoms with Crippen molar-refractivity contribution in [3.05, 3.63) is 29.7 Å². The molecule has 5 heteroatoms. The van der Waals surface area contributed by atoms with Crippen LogP contribution in [-0.4, -0.2) is 10.9 Å². The second-order valence-corrected chi connectivity index (χ2v) is 2.86. The molecule has 0 bridgehead atoms. The Balaban J connectivity index is 2.59. The Kier molecular flexibility index (Phi) is 1.94. The molecule has 1 heterocycles. The first-order chi connectivity index (χ1) is 6.70.